The molecule has 1 aromatic heterocycles. The summed E-state index contributed by atoms with van der Waals surface area (Å²) < 4.78 is 0. The summed E-state index contributed by atoms with van der Waals surface area (Å²) in [6.45, 7) is 0.661. The quantitative estimate of drug-likeness (QED) is 0.540. The summed E-state index contributed by atoms with van der Waals surface area (Å²) in [6, 6.07) is -0.515. The summed E-state index contributed by atoms with van der Waals surface area (Å²) in [7, 11) is 0. The fraction of sp³-hybridized carbons (Fsp3) is 0.500. The van der Waals surface area contributed by atoms with Crippen molar-refractivity contribution in [2.75, 3.05) is 13.1 Å². The number of hydrogen-bond acceptors (Lipinski definition) is 5. The van der Waals surface area contributed by atoms with Crippen LogP contribution in [0.1, 0.15) is 23.5 Å². The van der Waals surface area contributed by atoms with E-state index in [1.165, 1.54) is 11.2 Å². The lowest BCUT2D eigenvalue weighted by Gasteiger charge is -2.37. The largest absolute Gasteiger partial charge is 0.333 e. The molecular formula is C10H12N6O3. The lowest BCUT2D eigenvalue weighted by Crippen LogP contribution is -2.59. The molecule has 100 valence electrons. The van der Waals surface area contributed by atoms with E-state index >= 15 is 0 Å². The number of aromatic amines is 1. The highest BCUT2D eigenvalue weighted by Gasteiger charge is 2.49. The Morgan fingerprint density at radius 2 is 2.26 bits per heavy atom. The van der Waals surface area contributed by atoms with Gasteiger partial charge in [0.2, 0.25) is 5.82 Å². The molecule has 0 aromatic carbocycles. The first-order valence-corrected chi connectivity index (χ1v) is 5.89. The van der Waals surface area contributed by atoms with Crippen LogP contribution < -0.4 is 10.6 Å². The van der Waals surface area contributed by atoms with Gasteiger partial charge in [-0.2, -0.15) is 5.10 Å². The predicted octanol–water partition coefficient (Wildman–Crippen LogP) is -1.38. The highest BCUT2D eigenvalue weighted by Crippen LogP contribution is 2.25. The minimum Gasteiger partial charge on any atom is -0.333 e. The summed E-state index contributed by atoms with van der Waals surface area (Å²) >= 11 is 0. The van der Waals surface area contributed by atoms with E-state index in [0.29, 0.717) is 19.4 Å². The number of hydrogen-bond donors (Lipinski definition) is 3. The van der Waals surface area contributed by atoms with E-state index < -0.39 is 11.6 Å². The van der Waals surface area contributed by atoms with Gasteiger partial charge < -0.3 is 10.2 Å². The lowest BCUT2D eigenvalue weighted by atomic mass is 9.89. The maximum absolute atomic E-state index is 12.1. The van der Waals surface area contributed by atoms with Crippen molar-refractivity contribution < 1.29 is 14.4 Å². The van der Waals surface area contributed by atoms with E-state index in [1.54, 1.807) is 0 Å². The highest BCUT2D eigenvalue weighted by atomic mass is 16.2. The number of piperidine rings is 1. The topological polar surface area (TPSA) is 120 Å². The third-order valence-corrected chi connectivity index (χ3v) is 3.41. The number of nitrogens with one attached hydrogen (secondary N) is 3. The normalized spacial score (nSPS) is 26.4. The molecule has 0 saturated carbocycles. The van der Waals surface area contributed by atoms with Gasteiger partial charge in [0.15, 0.2) is 0 Å². The number of amides is 4. The molecular weight excluding hydrogens is 252 g/mol. The average molecular weight is 264 g/mol. The molecule has 1 atom stereocenters. The van der Waals surface area contributed by atoms with E-state index in [2.05, 4.69) is 25.8 Å². The Kier molecular flexibility index (Phi) is 2.47. The molecule has 3 N–H and O–H groups in total. The smallest absolute Gasteiger partial charge is 0.322 e. The standard InChI is InChI=1S/C10H12N6O3/c17-7(6-11-5-12-15-6)16-3-1-2-10(4-16)8(18)13-9(19)14-10/h5H,1-4H2,(H,11,12,15)(H2,13,14,18,19). The number of carbonyl (C=O) groups excluding carboxylic acids is 3. The van der Waals surface area contributed by atoms with Crippen LogP contribution in [0.15, 0.2) is 6.33 Å². The van der Waals surface area contributed by atoms with Crippen LogP contribution in [0.5, 0.6) is 0 Å². The van der Waals surface area contributed by atoms with Crippen molar-refractivity contribution in [3.05, 3.63) is 12.2 Å². The Bertz CT molecular complexity index is 541. The van der Waals surface area contributed by atoms with Crippen molar-refractivity contribution in [3.8, 4) is 0 Å². The Morgan fingerprint density at radius 3 is 2.89 bits per heavy atom. The molecule has 0 radical (unpaired) electrons. The number of H-pyrrole nitrogens is 1. The molecule has 0 bridgehead atoms. The minimum atomic E-state index is -1.01. The highest BCUT2D eigenvalue weighted by molar-refractivity contribution is 6.07. The molecule has 2 aliphatic rings. The number of urea groups is 1. The molecule has 1 unspecified atom stereocenters. The van der Waals surface area contributed by atoms with Crippen LogP contribution in [0, 0.1) is 0 Å². The van der Waals surface area contributed by atoms with Crippen LogP contribution >= 0.6 is 0 Å². The molecule has 9 heteroatoms. The van der Waals surface area contributed by atoms with Crippen LogP contribution in [0.25, 0.3) is 0 Å². The average Bonchev–Trinajstić information content (AvgIpc) is 2.99. The fourth-order valence-corrected chi connectivity index (χ4v) is 2.50. The van der Waals surface area contributed by atoms with E-state index in [9.17, 15) is 14.4 Å². The van der Waals surface area contributed by atoms with E-state index in [1.807, 2.05) is 0 Å². The molecule has 4 amide bonds. The maximum Gasteiger partial charge on any atom is 0.322 e. The molecule has 1 spiro atoms. The number of nitrogens with zero attached hydrogens (tertiary/aromatic N) is 3. The number of carbonyl (C=O) groups is 3. The number of likely N-dealkylation sites (tertiary alicyclic amines) is 1. The molecule has 19 heavy (non-hydrogen) atoms. The van der Waals surface area contributed by atoms with Gasteiger partial charge in [0, 0.05) is 6.54 Å². The zero-order valence-corrected chi connectivity index (χ0v) is 9.97. The molecule has 2 aliphatic heterocycles. The summed E-state index contributed by atoms with van der Waals surface area (Å²) in [6.07, 6.45) is 2.40. The molecule has 0 aliphatic carbocycles. The minimum absolute atomic E-state index is 0.127. The van der Waals surface area contributed by atoms with Gasteiger partial charge in [-0.05, 0) is 12.8 Å². The van der Waals surface area contributed by atoms with Gasteiger partial charge in [0.25, 0.3) is 11.8 Å². The first-order valence-electron chi connectivity index (χ1n) is 5.89. The third-order valence-electron chi connectivity index (χ3n) is 3.41. The van der Waals surface area contributed by atoms with Gasteiger partial charge in [0.1, 0.15) is 11.9 Å². The van der Waals surface area contributed by atoms with Crippen LogP contribution in [-0.2, 0) is 4.79 Å². The molecule has 3 rings (SSSR count). The molecule has 3 heterocycles. The SMILES string of the molecule is O=C1NC(=O)C2(CCCN(C(=O)c3ncn[nH]3)C2)N1. The first kappa shape index (κ1) is 11.6. The number of rotatable bonds is 1. The zero-order valence-electron chi connectivity index (χ0n) is 9.97. The zero-order chi connectivity index (χ0) is 13.5. The Morgan fingerprint density at radius 1 is 1.42 bits per heavy atom. The second-order valence-electron chi connectivity index (χ2n) is 4.65. The maximum atomic E-state index is 12.1. The van der Waals surface area contributed by atoms with E-state index in [0.717, 1.165) is 0 Å². The van der Waals surface area contributed by atoms with Gasteiger partial charge in [-0.1, -0.05) is 0 Å². The fourth-order valence-electron chi connectivity index (χ4n) is 2.50. The Hall–Kier alpha value is -2.45. The number of aromatic nitrogens is 3. The van der Waals surface area contributed by atoms with E-state index in [-0.39, 0.29) is 24.2 Å². The van der Waals surface area contributed by atoms with Crippen LogP contribution in [0.3, 0.4) is 0 Å². The molecule has 9 nitrogen and oxygen atoms in total. The van der Waals surface area contributed by atoms with Crippen molar-refractivity contribution in [3.63, 3.8) is 0 Å². The van der Waals surface area contributed by atoms with Gasteiger partial charge in [-0.25, -0.2) is 9.78 Å². The van der Waals surface area contributed by atoms with Gasteiger partial charge in [-0.3, -0.25) is 20.0 Å². The van der Waals surface area contributed by atoms with Gasteiger partial charge >= 0.3 is 6.03 Å². The predicted molar refractivity (Wildman–Crippen MR) is 60.9 cm³/mol. The Balaban J connectivity index is 1.80. The molecule has 2 fully saturated rings. The van der Waals surface area contributed by atoms with Crippen molar-refractivity contribution >= 4 is 17.8 Å². The van der Waals surface area contributed by atoms with Gasteiger partial charge in [-0.15, -0.1) is 0 Å². The van der Waals surface area contributed by atoms with Gasteiger partial charge in [0.05, 0.1) is 6.54 Å². The summed E-state index contributed by atoms with van der Waals surface area (Å²) in [4.78, 5) is 40.5. The molecule has 1 aromatic rings. The second kappa shape index (κ2) is 4.04. The summed E-state index contributed by atoms with van der Waals surface area (Å²) in [5.41, 5.74) is -1.01. The van der Waals surface area contributed by atoms with Crippen molar-refractivity contribution in [2.45, 2.75) is 18.4 Å². The van der Waals surface area contributed by atoms with Crippen LogP contribution in [0.2, 0.25) is 0 Å². The molecule has 2 saturated heterocycles. The van der Waals surface area contributed by atoms with Crippen molar-refractivity contribution in [2.24, 2.45) is 0 Å². The van der Waals surface area contributed by atoms with Crippen LogP contribution in [-0.4, -0.2) is 56.6 Å². The van der Waals surface area contributed by atoms with Crippen LogP contribution in [0.4, 0.5) is 4.79 Å². The lowest BCUT2D eigenvalue weighted by molar-refractivity contribution is -0.125. The third kappa shape index (κ3) is 1.83. The summed E-state index contributed by atoms with van der Waals surface area (Å²) in [5, 5.41) is 10.9. The monoisotopic (exact) mass is 264 g/mol. The Labute approximate surface area is 107 Å². The van der Waals surface area contributed by atoms with Crippen molar-refractivity contribution in [1.82, 2.24) is 30.7 Å². The first-order chi connectivity index (χ1) is 9.11. The number of imide groups is 1. The van der Waals surface area contributed by atoms with Crippen molar-refractivity contribution in [1.29, 1.82) is 0 Å². The van der Waals surface area contributed by atoms with E-state index in [4.69, 9.17) is 0 Å². The second-order valence-corrected chi connectivity index (χ2v) is 4.65. The summed E-state index contributed by atoms with van der Waals surface area (Å²) in [5.74, 6) is -0.583.